The van der Waals surface area contributed by atoms with E-state index in [4.69, 9.17) is 4.42 Å². The van der Waals surface area contributed by atoms with E-state index in [1.54, 1.807) is 11.8 Å². The lowest BCUT2D eigenvalue weighted by atomic mass is 10.1. The summed E-state index contributed by atoms with van der Waals surface area (Å²) in [6.45, 7) is 7.74. The van der Waals surface area contributed by atoms with Gasteiger partial charge in [0.05, 0.1) is 18.3 Å². The molecule has 0 N–H and O–H groups in total. The molecule has 0 bridgehead atoms. The molecule has 1 aliphatic rings. The van der Waals surface area contributed by atoms with Crippen molar-refractivity contribution in [3.8, 4) is 0 Å². The van der Waals surface area contributed by atoms with Crippen molar-refractivity contribution in [2.24, 2.45) is 0 Å². The minimum Gasteiger partial charge on any atom is -0.424 e. The molecule has 0 saturated carbocycles. The summed E-state index contributed by atoms with van der Waals surface area (Å²) in [7, 11) is 0. The van der Waals surface area contributed by atoms with Gasteiger partial charge in [-0.3, -0.25) is 4.90 Å². The van der Waals surface area contributed by atoms with Gasteiger partial charge < -0.3 is 8.98 Å². The zero-order valence-corrected chi connectivity index (χ0v) is 17.2. The second-order valence-corrected chi connectivity index (χ2v) is 8.53. The molecule has 0 radical (unpaired) electrons. The minimum atomic E-state index is 0.0164. The third kappa shape index (κ3) is 4.62. The van der Waals surface area contributed by atoms with Crippen molar-refractivity contribution in [2.45, 2.75) is 56.6 Å². The van der Waals surface area contributed by atoms with Crippen LogP contribution in [0.4, 0.5) is 0 Å². The van der Waals surface area contributed by atoms with Gasteiger partial charge in [-0.1, -0.05) is 48.5 Å². The van der Waals surface area contributed by atoms with Gasteiger partial charge in [-0.05, 0) is 38.4 Å². The lowest BCUT2D eigenvalue weighted by Gasteiger charge is -2.26. The molecular formula is C20H26N6OS. The van der Waals surface area contributed by atoms with Gasteiger partial charge in [0.25, 0.3) is 0 Å². The fourth-order valence-electron chi connectivity index (χ4n) is 3.45. The standard InChI is InChI=1S/C20H26N6OS/c1-15(19-23-21-16(2)27-19)28-20-24-22-18(14-25-11-7-4-8-12-25)26(20)13-17-9-5-3-6-10-17/h3,5-6,9-10,15H,4,7-8,11-14H2,1-2H3/t15-/m1/s1. The molecule has 0 unspecified atom stereocenters. The van der Waals surface area contributed by atoms with E-state index in [1.807, 2.05) is 13.0 Å². The first-order chi connectivity index (χ1) is 13.7. The van der Waals surface area contributed by atoms with E-state index < -0.39 is 0 Å². The zero-order valence-electron chi connectivity index (χ0n) is 16.4. The Labute approximate surface area is 169 Å². The van der Waals surface area contributed by atoms with Crippen LogP contribution in [-0.2, 0) is 13.1 Å². The first-order valence-corrected chi connectivity index (χ1v) is 10.7. The maximum absolute atomic E-state index is 5.60. The quantitative estimate of drug-likeness (QED) is 0.560. The molecule has 0 aliphatic carbocycles. The van der Waals surface area contributed by atoms with Gasteiger partial charge in [0.15, 0.2) is 5.16 Å². The average molecular weight is 399 g/mol. The summed E-state index contributed by atoms with van der Waals surface area (Å²) in [6, 6.07) is 10.5. The summed E-state index contributed by atoms with van der Waals surface area (Å²) in [5.41, 5.74) is 1.24. The molecule has 1 atom stereocenters. The number of hydrogen-bond donors (Lipinski definition) is 0. The zero-order chi connectivity index (χ0) is 19.3. The van der Waals surface area contributed by atoms with Gasteiger partial charge in [0.1, 0.15) is 5.82 Å². The van der Waals surface area contributed by atoms with Crippen LogP contribution in [0.1, 0.15) is 54.6 Å². The van der Waals surface area contributed by atoms with Crippen molar-refractivity contribution in [3.63, 3.8) is 0 Å². The van der Waals surface area contributed by atoms with Crippen LogP contribution in [-0.4, -0.2) is 43.0 Å². The molecule has 2 aromatic heterocycles. The number of thioether (sulfide) groups is 1. The Kier molecular flexibility index (Phi) is 6.07. The van der Waals surface area contributed by atoms with E-state index in [-0.39, 0.29) is 5.25 Å². The summed E-state index contributed by atoms with van der Waals surface area (Å²) in [5.74, 6) is 2.22. The van der Waals surface area contributed by atoms with Crippen molar-refractivity contribution in [3.05, 3.63) is 53.5 Å². The molecule has 8 heteroatoms. The Balaban J connectivity index is 1.57. The number of aromatic nitrogens is 5. The summed E-state index contributed by atoms with van der Waals surface area (Å²) in [5, 5.41) is 18.1. The van der Waals surface area contributed by atoms with Crippen LogP contribution in [0.15, 0.2) is 39.9 Å². The molecule has 7 nitrogen and oxygen atoms in total. The minimum absolute atomic E-state index is 0.0164. The maximum atomic E-state index is 5.60. The fraction of sp³-hybridized carbons (Fsp3) is 0.500. The highest BCUT2D eigenvalue weighted by molar-refractivity contribution is 7.99. The van der Waals surface area contributed by atoms with E-state index in [0.29, 0.717) is 11.8 Å². The highest BCUT2D eigenvalue weighted by Crippen LogP contribution is 2.33. The lowest BCUT2D eigenvalue weighted by Crippen LogP contribution is -2.30. The van der Waals surface area contributed by atoms with Crippen molar-refractivity contribution in [1.82, 2.24) is 29.9 Å². The number of piperidine rings is 1. The van der Waals surface area contributed by atoms with Crippen LogP contribution in [0.5, 0.6) is 0 Å². The van der Waals surface area contributed by atoms with Gasteiger partial charge in [-0.25, -0.2) is 0 Å². The second-order valence-electron chi connectivity index (χ2n) is 7.23. The predicted octanol–water partition coefficient (Wildman–Crippen LogP) is 3.86. The normalized spacial score (nSPS) is 16.4. The molecule has 0 amide bonds. The van der Waals surface area contributed by atoms with Crippen LogP contribution < -0.4 is 0 Å². The predicted molar refractivity (Wildman–Crippen MR) is 108 cm³/mol. The highest BCUT2D eigenvalue weighted by Gasteiger charge is 2.22. The van der Waals surface area contributed by atoms with Crippen molar-refractivity contribution < 1.29 is 4.42 Å². The van der Waals surface area contributed by atoms with Gasteiger partial charge in [-0.2, -0.15) is 0 Å². The second kappa shape index (κ2) is 8.87. The van der Waals surface area contributed by atoms with E-state index in [1.165, 1.54) is 24.8 Å². The number of likely N-dealkylation sites (tertiary alicyclic amines) is 1. The van der Waals surface area contributed by atoms with Crippen molar-refractivity contribution >= 4 is 11.8 Å². The third-order valence-corrected chi connectivity index (χ3v) is 6.03. The summed E-state index contributed by atoms with van der Waals surface area (Å²) in [4.78, 5) is 2.48. The van der Waals surface area contributed by atoms with Crippen LogP contribution in [0, 0.1) is 6.92 Å². The summed E-state index contributed by atoms with van der Waals surface area (Å²) < 4.78 is 7.83. The number of benzene rings is 1. The van der Waals surface area contributed by atoms with Crippen molar-refractivity contribution in [1.29, 1.82) is 0 Å². The van der Waals surface area contributed by atoms with E-state index >= 15 is 0 Å². The van der Waals surface area contributed by atoms with E-state index in [9.17, 15) is 0 Å². The molecule has 1 aliphatic heterocycles. The molecule has 28 heavy (non-hydrogen) atoms. The first kappa shape index (κ1) is 19.1. The van der Waals surface area contributed by atoms with Crippen LogP contribution >= 0.6 is 11.8 Å². The van der Waals surface area contributed by atoms with E-state index in [2.05, 4.69) is 61.1 Å². The lowest BCUT2D eigenvalue weighted by molar-refractivity contribution is 0.213. The summed E-state index contributed by atoms with van der Waals surface area (Å²) >= 11 is 1.61. The number of aryl methyl sites for hydroxylation is 1. The Morgan fingerprint density at radius 2 is 1.79 bits per heavy atom. The molecule has 1 saturated heterocycles. The SMILES string of the molecule is Cc1nnc([C@@H](C)Sc2nnc(CN3CCCCC3)n2Cc2ccccc2)o1. The smallest absolute Gasteiger partial charge is 0.229 e. The third-order valence-electron chi connectivity index (χ3n) is 4.96. The molecule has 148 valence electrons. The number of rotatable bonds is 7. The molecule has 0 spiro atoms. The molecule has 1 fully saturated rings. The Morgan fingerprint density at radius 3 is 2.50 bits per heavy atom. The number of nitrogens with zero attached hydrogens (tertiary/aromatic N) is 6. The van der Waals surface area contributed by atoms with Gasteiger partial charge in [0.2, 0.25) is 11.8 Å². The van der Waals surface area contributed by atoms with Crippen LogP contribution in [0.25, 0.3) is 0 Å². The average Bonchev–Trinajstić information content (AvgIpc) is 3.31. The van der Waals surface area contributed by atoms with Crippen molar-refractivity contribution in [2.75, 3.05) is 13.1 Å². The first-order valence-electron chi connectivity index (χ1n) is 9.84. The number of hydrogen-bond acceptors (Lipinski definition) is 7. The molecule has 3 aromatic rings. The summed E-state index contributed by atoms with van der Waals surface area (Å²) in [6.07, 6.45) is 3.86. The van der Waals surface area contributed by atoms with Gasteiger partial charge in [-0.15, -0.1) is 20.4 Å². The van der Waals surface area contributed by atoms with Gasteiger partial charge in [0, 0.05) is 6.92 Å². The Morgan fingerprint density at radius 1 is 1.00 bits per heavy atom. The van der Waals surface area contributed by atoms with Crippen LogP contribution in [0.2, 0.25) is 0 Å². The fourth-order valence-corrected chi connectivity index (χ4v) is 4.35. The molecular weight excluding hydrogens is 372 g/mol. The topological polar surface area (TPSA) is 72.9 Å². The largest absolute Gasteiger partial charge is 0.424 e. The molecule has 4 rings (SSSR count). The van der Waals surface area contributed by atoms with Gasteiger partial charge >= 0.3 is 0 Å². The van der Waals surface area contributed by atoms with Crippen LogP contribution in [0.3, 0.4) is 0 Å². The van der Waals surface area contributed by atoms with E-state index in [0.717, 1.165) is 37.2 Å². The molecule has 1 aromatic carbocycles. The highest BCUT2D eigenvalue weighted by atomic mass is 32.2. The maximum Gasteiger partial charge on any atom is 0.229 e. The molecule has 3 heterocycles. The Bertz CT molecular complexity index is 887. The monoisotopic (exact) mass is 398 g/mol. The Hall–Kier alpha value is -2.19.